The van der Waals surface area contributed by atoms with Crippen LogP contribution in [0.2, 0.25) is 5.02 Å². The summed E-state index contributed by atoms with van der Waals surface area (Å²) >= 11 is 5.92. The van der Waals surface area contributed by atoms with Crippen LogP contribution in [0.5, 0.6) is 0 Å². The maximum Gasteiger partial charge on any atom is 0.0785 e. The predicted octanol–water partition coefficient (Wildman–Crippen LogP) is 2.29. The van der Waals surface area contributed by atoms with Gasteiger partial charge in [0.2, 0.25) is 0 Å². The number of nitrogens with one attached hydrogen (secondary N) is 1. The standard InChI is InChI=1S/C17H27ClN2O2/c1-22-13-17(21)6-9-19-16-7-10-20(11-8-16)12-14-2-4-15(18)5-3-14/h2-5,16-17,19,21H,6-13H2,1H3. The van der Waals surface area contributed by atoms with Gasteiger partial charge in [0.25, 0.3) is 0 Å². The van der Waals surface area contributed by atoms with E-state index < -0.39 is 0 Å². The Labute approximate surface area is 138 Å². The number of halogens is 1. The number of hydrogen-bond acceptors (Lipinski definition) is 4. The molecule has 1 fully saturated rings. The van der Waals surface area contributed by atoms with Gasteiger partial charge in [-0.2, -0.15) is 0 Å². The summed E-state index contributed by atoms with van der Waals surface area (Å²) in [5.41, 5.74) is 1.32. The summed E-state index contributed by atoms with van der Waals surface area (Å²) in [4.78, 5) is 2.49. The molecule has 1 aromatic carbocycles. The lowest BCUT2D eigenvalue weighted by Gasteiger charge is -2.32. The number of nitrogens with zero attached hydrogens (tertiary/aromatic N) is 1. The molecule has 1 atom stereocenters. The number of rotatable bonds is 8. The SMILES string of the molecule is COCC(O)CCNC1CCN(Cc2ccc(Cl)cc2)CC1. The number of piperidine rings is 1. The summed E-state index contributed by atoms with van der Waals surface area (Å²) in [6.07, 6.45) is 2.71. The molecule has 0 amide bonds. The number of aliphatic hydroxyl groups excluding tert-OH is 1. The van der Waals surface area contributed by atoms with Crippen LogP contribution in [0.4, 0.5) is 0 Å². The molecule has 1 heterocycles. The molecule has 0 radical (unpaired) electrons. The molecule has 1 aromatic rings. The Kier molecular flexibility index (Phi) is 7.63. The zero-order valence-electron chi connectivity index (χ0n) is 13.3. The van der Waals surface area contributed by atoms with E-state index in [4.69, 9.17) is 16.3 Å². The van der Waals surface area contributed by atoms with E-state index >= 15 is 0 Å². The van der Waals surface area contributed by atoms with Crippen LogP contribution in [0.15, 0.2) is 24.3 Å². The van der Waals surface area contributed by atoms with Crippen LogP contribution < -0.4 is 5.32 Å². The molecule has 0 spiro atoms. The third-order valence-electron chi connectivity index (χ3n) is 4.18. The van der Waals surface area contributed by atoms with Gasteiger partial charge in [-0.3, -0.25) is 4.90 Å². The molecule has 4 nitrogen and oxygen atoms in total. The number of likely N-dealkylation sites (tertiary alicyclic amines) is 1. The summed E-state index contributed by atoms with van der Waals surface area (Å²) in [6, 6.07) is 8.68. The molecule has 2 rings (SSSR count). The first-order chi connectivity index (χ1) is 10.7. The van der Waals surface area contributed by atoms with Gasteiger partial charge in [0, 0.05) is 24.7 Å². The first-order valence-corrected chi connectivity index (χ1v) is 8.42. The van der Waals surface area contributed by atoms with Gasteiger partial charge in [-0.25, -0.2) is 0 Å². The third kappa shape index (κ3) is 6.23. The Hall–Kier alpha value is -0.650. The van der Waals surface area contributed by atoms with Gasteiger partial charge in [-0.15, -0.1) is 0 Å². The van der Waals surface area contributed by atoms with E-state index in [0.717, 1.165) is 50.5 Å². The normalized spacial score (nSPS) is 18.5. The zero-order valence-corrected chi connectivity index (χ0v) is 14.1. The van der Waals surface area contributed by atoms with Crippen molar-refractivity contribution in [2.75, 3.05) is 33.4 Å². The Morgan fingerprint density at radius 2 is 2.00 bits per heavy atom. The minimum Gasteiger partial charge on any atom is -0.391 e. The molecule has 22 heavy (non-hydrogen) atoms. The average Bonchev–Trinajstić information content (AvgIpc) is 2.52. The minimum atomic E-state index is -0.359. The van der Waals surface area contributed by atoms with Crippen molar-refractivity contribution in [1.29, 1.82) is 0 Å². The molecule has 0 aromatic heterocycles. The molecular weight excluding hydrogens is 300 g/mol. The quantitative estimate of drug-likeness (QED) is 0.769. The Bertz CT molecular complexity index is 419. The molecule has 0 bridgehead atoms. The van der Waals surface area contributed by atoms with Crippen LogP contribution in [0.25, 0.3) is 0 Å². The Balaban J connectivity index is 1.62. The van der Waals surface area contributed by atoms with Crippen LogP contribution in [-0.2, 0) is 11.3 Å². The van der Waals surface area contributed by atoms with Crippen molar-refractivity contribution in [1.82, 2.24) is 10.2 Å². The largest absolute Gasteiger partial charge is 0.391 e. The lowest BCUT2D eigenvalue weighted by molar-refractivity contribution is 0.0583. The van der Waals surface area contributed by atoms with Crippen LogP contribution in [0, 0.1) is 0 Å². The van der Waals surface area contributed by atoms with Crippen LogP contribution in [-0.4, -0.2) is 55.5 Å². The lowest BCUT2D eigenvalue weighted by atomic mass is 10.0. The van der Waals surface area contributed by atoms with Crippen LogP contribution in [0.1, 0.15) is 24.8 Å². The van der Waals surface area contributed by atoms with Crippen molar-refractivity contribution in [2.45, 2.75) is 38.0 Å². The highest BCUT2D eigenvalue weighted by atomic mass is 35.5. The van der Waals surface area contributed by atoms with Gasteiger partial charge in [-0.1, -0.05) is 23.7 Å². The fourth-order valence-electron chi connectivity index (χ4n) is 2.87. The molecule has 1 unspecified atom stereocenters. The van der Waals surface area contributed by atoms with Gasteiger partial charge >= 0.3 is 0 Å². The van der Waals surface area contributed by atoms with Gasteiger partial charge in [0.05, 0.1) is 12.7 Å². The Morgan fingerprint density at radius 3 is 2.64 bits per heavy atom. The van der Waals surface area contributed by atoms with E-state index in [1.54, 1.807) is 7.11 Å². The van der Waals surface area contributed by atoms with E-state index in [-0.39, 0.29) is 6.10 Å². The number of hydrogen-bond donors (Lipinski definition) is 2. The first-order valence-electron chi connectivity index (χ1n) is 8.04. The van der Waals surface area contributed by atoms with Gasteiger partial charge in [0.1, 0.15) is 0 Å². The second-order valence-corrected chi connectivity index (χ2v) is 6.47. The monoisotopic (exact) mass is 326 g/mol. The van der Waals surface area contributed by atoms with E-state index in [0.29, 0.717) is 12.6 Å². The van der Waals surface area contributed by atoms with Crippen molar-refractivity contribution in [3.63, 3.8) is 0 Å². The van der Waals surface area contributed by atoms with Crippen LogP contribution in [0.3, 0.4) is 0 Å². The molecule has 5 heteroatoms. The number of methoxy groups -OCH3 is 1. The summed E-state index contributed by atoms with van der Waals surface area (Å²) in [5.74, 6) is 0. The van der Waals surface area contributed by atoms with Gasteiger partial charge < -0.3 is 15.2 Å². The topological polar surface area (TPSA) is 44.7 Å². The van der Waals surface area contributed by atoms with Crippen LogP contribution >= 0.6 is 11.6 Å². The molecular formula is C17H27ClN2O2. The molecule has 1 aliphatic heterocycles. The molecule has 124 valence electrons. The molecule has 0 saturated carbocycles. The van der Waals surface area contributed by atoms with Crippen molar-refractivity contribution in [2.24, 2.45) is 0 Å². The maximum absolute atomic E-state index is 9.62. The lowest BCUT2D eigenvalue weighted by Crippen LogP contribution is -2.43. The summed E-state index contributed by atoms with van der Waals surface area (Å²) in [6.45, 7) is 4.49. The summed E-state index contributed by atoms with van der Waals surface area (Å²) in [5, 5.41) is 14.0. The smallest absolute Gasteiger partial charge is 0.0785 e. The van der Waals surface area contributed by atoms with Gasteiger partial charge in [0.15, 0.2) is 0 Å². The highest BCUT2D eigenvalue weighted by Crippen LogP contribution is 2.16. The Morgan fingerprint density at radius 1 is 1.32 bits per heavy atom. The second-order valence-electron chi connectivity index (χ2n) is 6.03. The maximum atomic E-state index is 9.62. The number of aliphatic hydroxyl groups is 1. The molecule has 2 N–H and O–H groups in total. The van der Waals surface area contributed by atoms with Crippen molar-refractivity contribution < 1.29 is 9.84 Å². The van der Waals surface area contributed by atoms with E-state index in [1.165, 1.54) is 5.56 Å². The minimum absolute atomic E-state index is 0.359. The molecule has 1 saturated heterocycles. The average molecular weight is 327 g/mol. The number of ether oxygens (including phenoxy) is 1. The number of benzene rings is 1. The molecule has 0 aliphatic carbocycles. The fraction of sp³-hybridized carbons (Fsp3) is 0.647. The summed E-state index contributed by atoms with van der Waals surface area (Å²) in [7, 11) is 1.62. The molecule has 1 aliphatic rings. The summed E-state index contributed by atoms with van der Waals surface area (Å²) < 4.78 is 4.93. The van der Waals surface area contributed by atoms with E-state index in [9.17, 15) is 5.11 Å². The highest BCUT2D eigenvalue weighted by molar-refractivity contribution is 6.30. The fourth-order valence-corrected chi connectivity index (χ4v) is 3.00. The van der Waals surface area contributed by atoms with Crippen molar-refractivity contribution >= 4 is 11.6 Å². The van der Waals surface area contributed by atoms with Crippen molar-refractivity contribution in [3.8, 4) is 0 Å². The third-order valence-corrected chi connectivity index (χ3v) is 4.43. The highest BCUT2D eigenvalue weighted by Gasteiger charge is 2.18. The zero-order chi connectivity index (χ0) is 15.8. The van der Waals surface area contributed by atoms with E-state index in [1.807, 2.05) is 12.1 Å². The van der Waals surface area contributed by atoms with Crippen molar-refractivity contribution in [3.05, 3.63) is 34.9 Å². The van der Waals surface area contributed by atoms with E-state index in [2.05, 4.69) is 22.3 Å². The van der Waals surface area contributed by atoms with Gasteiger partial charge in [-0.05, 0) is 56.6 Å². The second kappa shape index (κ2) is 9.48. The first kappa shape index (κ1) is 17.7. The predicted molar refractivity (Wildman–Crippen MR) is 90.3 cm³/mol.